The highest BCUT2D eigenvalue weighted by molar-refractivity contribution is 5.25. The predicted molar refractivity (Wildman–Crippen MR) is 53.0 cm³/mol. The Morgan fingerprint density at radius 3 is 2.79 bits per heavy atom. The molecule has 0 saturated heterocycles. The quantitative estimate of drug-likeness (QED) is 0.732. The van der Waals surface area contributed by atoms with Crippen LogP contribution in [0.15, 0.2) is 30.9 Å². The Balaban J connectivity index is 3.01. The van der Waals surface area contributed by atoms with Gasteiger partial charge in [-0.3, -0.25) is 0 Å². The Kier molecular flexibility index (Phi) is 3.77. The fraction of sp³-hybridized carbons (Fsp3) is 0.273. The molecule has 76 valence electrons. The molecule has 0 amide bonds. The molecule has 0 heterocycles. The molecule has 1 unspecified atom stereocenters. The lowest BCUT2D eigenvalue weighted by molar-refractivity contribution is 0.551. The molecule has 0 aliphatic heterocycles. The van der Waals surface area contributed by atoms with Crippen molar-refractivity contribution < 1.29 is 8.78 Å². The van der Waals surface area contributed by atoms with Crippen LogP contribution < -0.4 is 5.32 Å². The van der Waals surface area contributed by atoms with E-state index in [4.69, 9.17) is 0 Å². The van der Waals surface area contributed by atoms with Crippen LogP contribution in [0.25, 0.3) is 0 Å². The first-order valence-corrected chi connectivity index (χ1v) is 4.50. The molecule has 0 spiro atoms. The molecule has 3 heteroatoms. The SMILES string of the molecule is C=CC(NCC)c1cc(F)ccc1F. The van der Waals surface area contributed by atoms with Gasteiger partial charge in [0.2, 0.25) is 0 Å². The van der Waals surface area contributed by atoms with Gasteiger partial charge in [0.05, 0.1) is 6.04 Å². The lowest BCUT2D eigenvalue weighted by Crippen LogP contribution is -2.19. The van der Waals surface area contributed by atoms with Gasteiger partial charge in [-0.25, -0.2) is 8.78 Å². The zero-order chi connectivity index (χ0) is 10.6. The normalized spacial score (nSPS) is 12.5. The van der Waals surface area contributed by atoms with Crippen molar-refractivity contribution in [2.24, 2.45) is 0 Å². The highest BCUT2D eigenvalue weighted by atomic mass is 19.1. The molecule has 0 radical (unpaired) electrons. The minimum Gasteiger partial charge on any atom is -0.307 e. The number of rotatable bonds is 4. The highest BCUT2D eigenvalue weighted by Gasteiger charge is 2.11. The van der Waals surface area contributed by atoms with Crippen LogP contribution in [0.3, 0.4) is 0 Å². The Morgan fingerprint density at radius 1 is 1.50 bits per heavy atom. The number of benzene rings is 1. The zero-order valence-corrected chi connectivity index (χ0v) is 8.06. The first-order valence-electron chi connectivity index (χ1n) is 4.50. The van der Waals surface area contributed by atoms with E-state index < -0.39 is 11.6 Å². The second kappa shape index (κ2) is 4.86. The molecular weight excluding hydrogens is 184 g/mol. The fourth-order valence-electron chi connectivity index (χ4n) is 1.29. The molecule has 1 atom stereocenters. The summed E-state index contributed by atoms with van der Waals surface area (Å²) < 4.78 is 26.1. The van der Waals surface area contributed by atoms with Crippen LogP contribution in [0.1, 0.15) is 18.5 Å². The highest BCUT2D eigenvalue weighted by Crippen LogP contribution is 2.18. The Bertz CT molecular complexity index is 323. The van der Waals surface area contributed by atoms with Gasteiger partial charge >= 0.3 is 0 Å². The van der Waals surface area contributed by atoms with E-state index in [1.54, 1.807) is 6.08 Å². The molecule has 0 aliphatic rings. The fourth-order valence-corrected chi connectivity index (χ4v) is 1.29. The molecule has 1 N–H and O–H groups in total. The molecule has 0 bridgehead atoms. The van der Waals surface area contributed by atoms with Gasteiger partial charge in [0.15, 0.2) is 0 Å². The van der Waals surface area contributed by atoms with E-state index in [0.29, 0.717) is 12.1 Å². The lowest BCUT2D eigenvalue weighted by atomic mass is 10.1. The van der Waals surface area contributed by atoms with Gasteiger partial charge in [-0.15, -0.1) is 6.58 Å². The van der Waals surface area contributed by atoms with Crippen LogP contribution in [0, 0.1) is 11.6 Å². The molecular formula is C11H13F2N. The lowest BCUT2D eigenvalue weighted by Gasteiger charge is -2.14. The topological polar surface area (TPSA) is 12.0 Å². The Morgan fingerprint density at radius 2 is 2.21 bits per heavy atom. The van der Waals surface area contributed by atoms with E-state index in [0.717, 1.165) is 12.1 Å². The van der Waals surface area contributed by atoms with E-state index in [9.17, 15) is 8.78 Å². The van der Waals surface area contributed by atoms with Gasteiger partial charge in [-0.05, 0) is 24.7 Å². The molecule has 1 rings (SSSR count). The molecule has 0 fully saturated rings. The van der Waals surface area contributed by atoms with E-state index in [1.807, 2.05) is 6.92 Å². The van der Waals surface area contributed by atoms with Gasteiger partial charge in [0.1, 0.15) is 11.6 Å². The Hall–Kier alpha value is -1.22. The van der Waals surface area contributed by atoms with Crippen LogP contribution in [-0.2, 0) is 0 Å². The largest absolute Gasteiger partial charge is 0.307 e. The van der Waals surface area contributed by atoms with Crippen molar-refractivity contribution in [1.82, 2.24) is 5.32 Å². The van der Waals surface area contributed by atoms with Gasteiger partial charge in [0, 0.05) is 5.56 Å². The summed E-state index contributed by atoms with van der Waals surface area (Å²) in [6.45, 7) is 6.14. The number of likely N-dealkylation sites (N-methyl/N-ethyl adjacent to an activating group) is 1. The molecule has 1 aromatic carbocycles. The third-order valence-electron chi connectivity index (χ3n) is 1.95. The summed E-state index contributed by atoms with van der Waals surface area (Å²) in [6.07, 6.45) is 1.56. The van der Waals surface area contributed by atoms with Crippen molar-refractivity contribution >= 4 is 0 Å². The molecule has 0 aliphatic carbocycles. The van der Waals surface area contributed by atoms with Gasteiger partial charge in [-0.1, -0.05) is 13.0 Å². The average molecular weight is 197 g/mol. The number of nitrogens with one attached hydrogen (secondary N) is 1. The standard InChI is InChI=1S/C11H13F2N/c1-3-11(14-4-2)9-7-8(12)5-6-10(9)13/h3,5-7,11,14H,1,4H2,2H3. The third kappa shape index (κ3) is 2.39. The second-order valence-corrected chi connectivity index (χ2v) is 2.94. The van der Waals surface area contributed by atoms with Crippen molar-refractivity contribution in [3.8, 4) is 0 Å². The first-order chi connectivity index (χ1) is 6.69. The van der Waals surface area contributed by atoms with Crippen molar-refractivity contribution in [3.05, 3.63) is 48.1 Å². The van der Waals surface area contributed by atoms with Crippen molar-refractivity contribution in [1.29, 1.82) is 0 Å². The minimum absolute atomic E-state index is 0.293. The maximum absolute atomic E-state index is 13.3. The maximum Gasteiger partial charge on any atom is 0.128 e. The number of halogens is 2. The Labute approximate surface area is 82.4 Å². The number of hydrogen-bond acceptors (Lipinski definition) is 1. The van der Waals surface area contributed by atoms with Crippen molar-refractivity contribution in [2.75, 3.05) is 6.54 Å². The second-order valence-electron chi connectivity index (χ2n) is 2.94. The molecule has 0 saturated carbocycles. The average Bonchev–Trinajstić information content (AvgIpc) is 2.18. The summed E-state index contributed by atoms with van der Waals surface area (Å²) >= 11 is 0. The molecule has 0 aromatic heterocycles. The van der Waals surface area contributed by atoms with Crippen molar-refractivity contribution in [2.45, 2.75) is 13.0 Å². The van der Waals surface area contributed by atoms with E-state index in [2.05, 4.69) is 11.9 Å². The molecule has 1 aromatic rings. The summed E-state index contributed by atoms with van der Waals surface area (Å²) in [4.78, 5) is 0. The van der Waals surface area contributed by atoms with Gasteiger partial charge < -0.3 is 5.32 Å². The van der Waals surface area contributed by atoms with Crippen molar-refractivity contribution in [3.63, 3.8) is 0 Å². The zero-order valence-electron chi connectivity index (χ0n) is 8.06. The van der Waals surface area contributed by atoms with Crippen LogP contribution >= 0.6 is 0 Å². The van der Waals surface area contributed by atoms with Crippen LogP contribution in [0.2, 0.25) is 0 Å². The molecule has 1 nitrogen and oxygen atoms in total. The summed E-state index contributed by atoms with van der Waals surface area (Å²) in [6, 6.07) is 3.07. The third-order valence-corrected chi connectivity index (χ3v) is 1.95. The first kappa shape index (κ1) is 10.9. The van der Waals surface area contributed by atoms with Crippen LogP contribution in [-0.4, -0.2) is 6.54 Å². The predicted octanol–water partition coefficient (Wildman–Crippen LogP) is 2.80. The maximum atomic E-state index is 13.3. The van der Waals surface area contributed by atoms with E-state index >= 15 is 0 Å². The summed E-state index contributed by atoms with van der Waals surface area (Å²) in [5, 5.41) is 2.99. The summed E-state index contributed by atoms with van der Waals surface area (Å²) in [5.41, 5.74) is 0.293. The van der Waals surface area contributed by atoms with Gasteiger partial charge in [-0.2, -0.15) is 0 Å². The number of hydrogen-bond donors (Lipinski definition) is 1. The van der Waals surface area contributed by atoms with Crippen LogP contribution in [0.5, 0.6) is 0 Å². The smallest absolute Gasteiger partial charge is 0.128 e. The van der Waals surface area contributed by atoms with E-state index in [-0.39, 0.29) is 6.04 Å². The summed E-state index contributed by atoms with van der Waals surface area (Å²) in [5.74, 6) is -0.858. The van der Waals surface area contributed by atoms with E-state index in [1.165, 1.54) is 6.07 Å². The molecule has 14 heavy (non-hydrogen) atoms. The van der Waals surface area contributed by atoms with Gasteiger partial charge in [0.25, 0.3) is 0 Å². The minimum atomic E-state index is -0.439. The van der Waals surface area contributed by atoms with Crippen LogP contribution in [0.4, 0.5) is 8.78 Å². The summed E-state index contributed by atoms with van der Waals surface area (Å²) in [7, 11) is 0. The monoisotopic (exact) mass is 197 g/mol.